The van der Waals surface area contributed by atoms with Gasteiger partial charge in [-0.05, 0) is 37.3 Å². The van der Waals surface area contributed by atoms with Crippen molar-refractivity contribution in [3.8, 4) is 0 Å². The summed E-state index contributed by atoms with van der Waals surface area (Å²) in [5.74, 6) is 0. The summed E-state index contributed by atoms with van der Waals surface area (Å²) in [6.07, 6.45) is 4.11. The molecule has 1 saturated carbocycles. The predicted molar refractivity (Wildman–Crippen MR) is 76.5 cm³/mol. The second-order valence-electron chi connectivity index (χ2n) is 4.40. The van der Waals surface area contributed by atoms with Crippen molar-refractivity contribution in [3.63, 3.8) is 0 Å². The lowest BCUT2D eigenvalue weighted by Crippen LogP contribution is -2.31. The molecule has 4 nitrogen and oxygen atoms in total. The smallest absolute Gasteiger partial charge is 0.240 e. The van der Waals surface area contributed by atoms with Crippen LogP contribution >= 0.6 is 23.4 Å². The number of nitrogens with two attached hydrogens (primary N) is 1. The highest BCUT2D eigenvalue weighted by Gasteiger charge is 2.42. The van der Waals surface area contributed by atoms with E-state index in [0.717, 1.165) is 12.8 Å². The molecule has 0 amide bonds. The summed E-state index contributed by atoms with van der Waals surface area (Å²) in [7, 11) is -3.51. The Morgan fingerprint density at radius 2 is 2.17 bits per heavy atom. The molecule has 1 aromatic rings. The van der Waals surface area contributed by atoms with E-state index >= 15 is 0 Å². The SMILES string of the molecule is CSC1(CNS(=O)(=O)c2ccc(N)c(Cl)c2)CC1. The summed E-state index contributed by atoms with van der Waals surface area (Å²) < 4.78 is 26.8. The van der Waals surface area contributed by atoms with Gasteiger partial charge < -0.3 is 5.73 Å². The van der Waals surface area contributed by atoms with E-state index in [2.05, 4.69) is 4.72 Å². The Morgan fingerprint density at radius 3 is 2.67 bits per heavy atom. The maximum Gasteiger partial charge on any atom is 0.240 e. The number of sulfonamides is 1. The van der Waals surface area contributed by atoms with Crippen LogP contribution in [0.1, 0.15) is 12.8 Å². The highest BCUT2D eigenvalue weighted by molar-refractivity contribution is 8.00. The van der Waals surface area contributed by atoms with Crippen LogP contribution in [0.2, 0.25) is 5.02 Å². The molecule has 1 fully saturated rings. The number of halogens is 1. The highest BCUT2D eigenvalue weighted by Crippen LogP contribution is 2.46. The maximum atomic E-state index is 12.1. The largest absolute Gasteiger partial charge is 0.398 e. The van der Waals surface area contributed by atoms with Gasteiger partial charge >= 0.3 is 0 Å². The minimum absolute atomic E-state index is 0.0880. The van der Waals surface area contributed by atoms with E-state index in [0.29, 0.717) is 12.2 Å². The molecule has 0 aromatic heterocycles. The second kappa shape index (κ2) is 4.92. The summed E-state index contributed by atoms with van der Waals surface area (Å²) in [5, 5.41) is 0.254. The van der Waals surface area contributed by atoms with Crippen LogP contribution in [0.3, 0.4) is 0 Å². The molecule has 0 saturated heterocycles. The fraction of sp³-hybridized carbons (Fsp3) is 0.455. The van der Waals surface area contributed by atoms with Gasteiger partial charge in [0.15, 0.2) is 0 Å². The summed E-state index contributed by atoms with van der Waals surface area (Å²) >= 11 is 7.53. The summed E-state index contributed by atoms with van der Waals surface area (Å²) in [6, 6.07) is 4.33. The highest BCUT2D eigenvalue weighted by atomic mass is 35.5. The van der Waals surface area contributed by atoms with Gasteiger partial charge in [0.05, 0.1) is 15.6 Å². The van der Waals surface area contributed by atoms with Gasteiger partial charge in [-0.2, -0.15) is 11.8 Å². The van der Waals surface area contributed by atoms with Crippen LogP contribution in [0.15, 0.2) is 23.1 Å². The lowest BCUT2D eigenvalue weighted by molar-refractivity contribution is 0.580. The maximum absolute atomic E-state index is 12.1. The fourth-order valence-electron chi connectivity index (χ4n) is 1.58. The molecule has 0 radical (unpaired) electrons. The van der Waals surface area contributed by atoms with Crippen molar-refractivity contribution >= 4 is 39.1 Å². The van der Waals surface area contributed by atoms with Crippen molar-refractivity contribution in [1.82, 2.24) is 4.72 Å². The lowest BCUT2D eigenvalue weighted by atomic mass is 10.3. The van der Waals surface area contributed by atoms with Gasteiger partial charge in [0, 0.05) is 11.3 Å². The molecule has 0 aliphatic heterocycles. The van der Waals surface area contributed by atoms with Crippen LogP contribution in [-0.2, 0) is 10.0 Å². The third-order valence-corrected chi connectivity index (χ3v) is 6.25. The van der Waals surface area contributed by atoms with Gasteiger partial charge in [0.25, 0.3) is 0 Å². The van der Waals surface area contributed by atoms with Crippen LogP contribution in [0.5, 0.6) is 0 Å². The molecule has 1 aliphatic rings. The zero-order chi connectivity index (χ0) is 13.4. The standard InChI is InChI=1S/C11H15ClN2O2S2/c1-17-11(4-5-11)7-14-18(15,16)8-2-3-10(13)9(12)6-8/h2-3,6,14H,4-5,7,13H2,1H3. The van der Waals surface area contributed by atoms with E-state index in [1.54, 1.807) is 11.8 Å². The number of nitrogens with one attached hydrogen (secondary N) is 1. The average Bonchev–Trinajstić information content (AvgIpc) is 3.11. The average molecular weight is 307 g/mol. The molecule has 0 atom stereocenters. The predicted octanol–water partition coefficient (Wildman–Crippen LogP) is 2.10. The number of hydrogen-bond acceptors (Lipinski definition) is 4. The van der Waals surface area contributed by atoms with Gasteiger partial charge in [0.1, 0.15) is 0 Å². The molecule has 0 bridgehead atoms. The number of thioether (sulfide) groups is 1. The minimum Gasteiger partial charge on any atom is -0.398 e. The van der Waals surface area contributed by atoms with Crippen molar-refractivity contribution in [2.24, 2.45) is 0 Å². The van der Waals surface area contributed by atoms with Gasteiger partial charge in [-0.1, -0.05) is 11.6 Å². The van der Waals surface area contributed by atoms with E-state index in [1.165, 1.54) is 18.2 Å². The summed E-state index contributed by atoms with van der Waals surface area (Å²) in [6.45, 7) is 0.457. The zero-order valence-corrected chi connectivity index (χ0v) is 12.3. The number of hydrogen-bond donors (Lipinski definition) is 2. The van der Waals surface area contributed by atoms with E-state index in [4.69, 9.17) is 17.3 Å². The van der Waals surface area contributed by atoms with Gasteiger partial charge in [-0.25, -0.2) is 13.1 Å². The lowest BCUT2D eigenvalue weighted by Gasteiger charge is -2.13. The van der Waals surface area contributed by atoms with Crippen molar-refractivity contribution in [2.45, 2.75) is 22.5 Å². The molecule has 3 N–H and O–H groups in total. The number of nitrogen functional groups attached to an aromatic ring is 1. The Bertz CT molecular complexity index is 556. The molecule has 0 unspecified atom stereocenters. The number of anilines is 1. The molecule has 0 heterocycles. The van der Waals surface area contributed by atoms with Crippen molar-refractivity contribution in [3.05, 3.63) is 23.2 Å². The van der Waals surface area contributed by atoms with E-state index in [-0.39, 0.29) is 14.7 Å². The first-order valence-corrected chi connectivity index (χ1v) is 8.57. The first-order valence-electron chi connectivity index (χ1n) is 5.48. The molecule has 100 valence electrons. The Balaban J connectivity index is 2.13. The van der Waals surface area contributed by atoms with Crippen LogP contribution in [-0.4, -0.2) is 26.0 Å². The van der Waals surface area contributed by atoms with Crippen molar-refractivity contribution in [1.29, 1.82) is 0 Å². The number of rotatable bonds is 5. The van der Waals surface area contributed by atoms with Crippen LogP contribution in [0.4, 0.5) is 5.69 Å². The normalized spacial score (nSPS) is 17.7. The van der Waals surface area contributed by atoms with E-state index in [1.807, 2.05) is 6.26 Å². The third-order valence-electron chi connectivity index (χ3n) is 3.11. The molecule has 0 spiro atoms. The van der Waals surface area contributed by atoms with E-state index < -0.39 is 10.0 Å². The Labute approximate surface area is 116 Å². The Morgan fingerprint density at radius 1 is 1.50 bits per heavy atom. The van der Waals surface area contributed by atoms with Crippen LogP contribution in [0, 0.1) is 0 Å². The molecular weight excluding hydrogens is 292 g/mol. The molecule has 1 aliphatic carbocycles. The summed E-state index contributed by atoms with van der Waals surface area (Å²) in [4.78, 5) is 0.151. The first-order chi connectivity index (χ1) is 8.38. The van der Waals surface area contributed by atoms with Crippen molar-refractivity contribution in [2.75, 3.05) is 18.5 Å². The monoisotopic (exact) mass is 306 g/mol. The third kappa shape index (κ3) is 2.93. The second-order valence-corrected chi connectivity index (χ2v) is 7.84. The molecule has 7 heteroatoms. The Kier molecular flexibility index (Phi) is 3.82. The molecule has 1 aromatic carbocycles. The molecule has 18 heavy (non-hydrogen) atoms. The van der Waals surface area contributed by atoms with Gasteiger partial charge in [0.2, 0.25) is 10.0 Å². The van der Waals surface area contributed by atoms with Crippen molar-refractivity contribution < 1.29 is 8.42 Å². The quantitative estimate of drug-likeness (QED) is 0.817. The van der Waals surface area contributed by atoms with Crippen LogP contribution < -0.4 is 10.5 Å². The molecular formula is C11H15ClN2O2S2. The van der Waals surface area contributed by atoms with E-state index in [9.17, 15) is 8.42 Å². The topological polar surface area (TPSA) is 72.2 Å². The zero-order valence-electron chi connectivity index (χ0n) is 9.94. The summed E-state index contributed by atoms with van der Waals surface area (Å²) in [5.41, 5.74) is 5.93. The number of benzene rings is 1. The van der Waals surface area contributed by atoms with Gasteiger partial charge in [-0.15, -0.1) is 0 Å². The van der Waals surface area contributed by atoms with Gasteiger partial charge in [-0.3, -0.25) is 0 Å². The minimum atomic E-state index is -3.51. The molecule has 2 rings (SSSR count). The first kappa shape index (κ1) is 14.0. The van der Waals surface area contributed by atoms with Crippen LogP contribution in [0.25, 0.3) is 0 Å². The Hall–Kier alpha value is -0.430. The fourth-order valence-corrected chi connectivity index (χ4v) is 3.79.